The van der Waals surface area contributed by atoms with E-state index in [1.807, 2.05) is 0 Å². The Labute approximate surface area is 93.1 Å². The predicted octanol–water partition coefficient (Wildman–Crippen LogP) is 3.68. The van der Waals surface area contributed by atoms with Crippen LogP contribution in [0.2, 0.25) is 0 Å². The molecule has 0 N–H and O–H groups in total. The first-order valence-corrected chi connectivity index (χ1v) is 6.09. The Balaban J connectivity index is 2.16. The number of benzene rings is 1. The Morgan fingerprint density at radius 3 is 2.13 bits per heavy atom. The third-order valence-corrected chi connectivity index (χ3v) is 3.46. The fourth-order valence-electron chi connectivity index (χ4n) is 2.25. The highest BCUT2D eigenvalue weighted by atomic mass is 15.1. The lowest BCUT2D eigenvalue weighted by Gasteiger charge is -2.23. The van der Waals surface area contributed by atoms with Crippen LogP contribution in [0, 0.1) is 13.8 Å². The maximum atomic E-state index is 2.54. The second kappa shape index (κ2) is 4.69. The number of rotatable bonds is 1. The minimum atomic E-state index is 1.24. The van der Waals surface area contributed by atoms with Gasteiger partial charge in [0.05, 0.1) is 0 Å². The molecule has 1 aromatic rings. The van der Waals surface area contributed by atoms with Gasteiger partial charge in [0.1, 0.15) is 0 Å². The van der Waals surface area contributed by atoms with E-state index in [4.69, 9.17) is 0 Å². The molecular weight excluding hydrogens is 182 g/mol. The van der Waals surface area contributed by atoms with Gasteiger partial charge in [-0.25, -0.2) is 0 Å². The van der Waals surface area contributed by atoms with Crippen molar-refractivity contribution in [3.63, 3.8) is 0 Å². The molecule has 0 amide bonds. The lowest BCUT2D eigenvalue weighted by Crippen LogP contribution is -2.23. The second-order valence-corrected chi connectivity index (χ2v) is 4.67. The molecule has 0 aromatic heterocycles. The number of hydrogen-bond donors (Lipinski definition) is 0. The molecule has 0 radical (unpaired) electrons. The molecule has 1 heteroatoms. The SMILES string of the molecule is Cc1ccc(N2CCCCCC2)cc1C. The van der Waals surface area contributed by atoms with E-state index in [1.54, 1.807) is 0 Å². The van der Waals surface area contributed by atoms with Crippen molar-refractivity contribution in [3.8, 4) is 0 Å². The van der Waals surface area contributed by atoms with Crippen LogP contribution >= 0.6 is 0 Å². The van der Waals surface area contributed by atoms with Gasteiger partial charge in [-0.1, -0.05) is 18.9 Å². The third kappa shape index (κ3) is 2.53. The first kappa shape index (κ1) is 10.5. The van der Waals surface area contributed by atoms with Crippen molar-refractivity contribution in [3.05, 3.63) is 29.3 Å². The zero-order chi connectivity index (χ0) is 10.7. The van der Waals surface area contributed by atoms with Gasteiger partial charge >= 0.3 is 0 Å². The van der Waals surface area contributed by atoms with Gasteiger partial charge in [0.2, 0.25) is 0 Å². The van der Waals surface area contributed by atoms with E-state index < -0.39 is 0 Å². The van der Waals surface area contributed by atoms with Crippen molar-refractivity contribution in [2.45, 2.75) is 39.5 Å². The maximum absolute atomic E-state index is 2.54. The van der Waals surface area contributed by atoms with Gasteiger partial charge in [-0.05, 0) is 49.9 Å². The summed E-state index contributed by atoms with van der Waals surface area (Å²) in [4.78, 5) is 2.54. The zero-order valence-electron chi connectivity index (χ0n) is 9.92. The Bertz CT molecular complexity index is 322. The summed E-state index contributed by atoms with van der Waals surface area (Å²) in [5, 5.41) is 0. The van der Waals surface area contributed by atoms with E-state index in [0.29, 0.717) is 0 Å². The number of anilines is 1. The summed E-state index contributed by atoms with van der Waals surface area (Å²) < 4.78 is 0. The van der Waals surface area contributed by atoms with Gasteiger partial charge in [-0.3, -0.25) is 0 Å². The normalized spacial score (nSPS) is 17.6. The molecule has 1 aliphatic rings. The minimum Gasteiger partial charge on any atom is -0.372 e. The lowest BCUT2D eigenvalue weighted by atomic mass is 10.1. The summed E-state index contributed by atoms with van der Waals surface area (Å²) in [6, 6.07) is 6.85. The number of nitrogens with zero attached hydrogens (tertiary/aromatic N) is 1. The van der Waals surface area contributed by atoms with E-state index in [9.17, 15) is 0 Å². The fourth-order valence-corrected chi connectivity index (χ4v) is 2.25. The van der Waals surface area contributed by atoms with Gasteiger partial charge in [0, 0.05) is 18.8 Å². The molecule has 0 unspecified atom stereocenters. The molecule has 0 bridgehead atoms. The van der Waals surface area contributed by atoms with Crippen molar-refractivity contribution in [1.82, 2.24) is 0 Å². The van der Waals surface area contributed by atoms with Gasteiger partial charge in [0.15, 0.2) is 0 Å². The predicted molar refractivity (Wildman–Crippen MR) is 66.6 cm³/mol. The summed E-state index contributed by atoms with van der Waals surface area (Å²) in [6.45, 7) is 6.86. The van der Waals surface area contributed by atoms with Crippen LogP contribution in [0.1, 0.15) is 36.8 Å². The topological polar surface area (TPSA) is 3.24 Å². The molecule has 0 saturated carbocycles. The largest absolute Gasteiger partial charge is 0.372 e. The van der Waals surface area contributed by atoms with E-state index >= 15 is 0 Å². The summed E-state index contributed by atoms with van der Waals surface area (Å²) in [6.07, 6.45) is 5.52. The van der Waals surface area contributed by atoms with Gasteiger partial charge in [-0.15, -0.1) is 0 Å². The standard InChI is InChI=1S/C14H21N/c1-12-7-8-14(11-13(12)2)15-9-5-3-4-6-10-15/h7-8,11H,3-6,9-10H2,1-2H3. The van der Waals surface area contributed by atoms with Crippen LogP contribution < -0.4 is 4.90 Å². The first-order valence-electron chi connectivity index (χ1n) is 6.09. The van der Waals surface area contributed by atoms with Gasteiger partial charge in [0.25, 0.3) is 0 Å². The molecule has 82 valence electrons. The molecule has 2 rings (SSSR count). The molecule has 0 aliphatic carbocycles. The quantitative estimate of drug-likeness (QED) is 0.673. The minimum absolute atomic E-state index is 1.24. The van der Waals surface area contributed by atoms with Crippen LogP contribution in [-0.4, -0.2) is 13.1 Å². The third-order valence-electron chi connectivity index (χ3n) is 3.46. The molecular formula is C14H21N. The zero-order valence-corrected chi connectivity index (χ0v) is 9.92. The second-order valence-electron chi connectivity index (χ2n) is 4.67. The lowest BCUT2D eigenvalue weighted by molar-refractivity contribution is 0.726. The van der Waals surface area contributed by atoms with Gasteiger partial charge in [-0.2, -0.15) is 0 Å². The van der Waals surface area contributed by atoms with Crippen LogP contribution in [-0.2, 0) is 0 Å². The Kier molecular flexibility index (Phi) is 3.30. The summed E-state index contributed by atoms with van der Waals surface area (Å²) >= 11 is 0. The van der Waals surface area contributed by atoms with Crippen molar-refractivity contribution in [2.75, 3.05) is 18.0 Å². The molecule has 1 aromatic carbocycles. The van der Waals surface area contributed by atoms with Crippen molar-refractivity contribution in [2.24, 2.45) is 0 Å². The molecule has 1 aliphatic heterocycles. The highest BCUT2D eigenvalue weighted by molar-refractivity contribution is 5.50. The molecule has 15 heavy (non-hydrogen) atoms. The van der Waals surface area contributed by atoms with Crippen LogP contribution in [0.3, 0.4) is 0 Å². The van der Waals surface area contributed by atoms with Crippen molar-refractivity contribution >= 4 is 5.69 Å². The van der Waals surface area contributed by atoms with Gasteiger partial charge < -0.3 is 4.90 Å². The highest BCUT2D eigenvalue weighted by Crippen LogP contribution is 2.21. The Morgan fingerprint density at radius 1 is 0.867 bits per heavy atom. The van der Waals surface area contributed by atoms with E-state index in [-0.39, 0.29) is 0 Å². The summed E-state index contributed by atoms with van der Waals surface area (Å²) in [7, 11) is 0. The molecule has 1 fully saturated rings. The number of aryl methyl sites for hydroxylation is 2. The molecule has 1 heterocycles. The van der Waals surface area contributed by atoms with E-state index in [1.165, 1.54) is 55.6 Å². The van der Waals surface area contributed by atoms with Crippen molar-refractivity contribution < 1.29 is 0 Å². The average molecular weight is 203 g/mol. The summed E-state index contributed by atoms with van der Waals surface area (Å²) in [5.74, 6) is 0. The highest BCUT2D eigenvalue weighted by Gasteiger charge is 2.09. The summed E-state index contributed by atoms with van der Waals surface area (Å²) in [5.41, 5.74) is 4.23. The molecule has 1 nitrogen and oxygen atoms in total. The molecule has 0 spiro atoms. The average Bonchev–Trinajstić information content (AvgIpc) is 2.50. The fraction of sp³-hybridized carbons (Fsp3) is 0.571. The maximum Gasteiger partial charge on any atom is 0.0369 e. The monoisotopic (exact) mass is 203 g/mol. The molecule has 1 saturated heterocycles. The van der Waals surface area contributed by atoms with Crippen molar-refractivity contribution in [1.29, 1.82) is 0 Å². The van der Waals surface area contributed by atoms with E-state index in [0.717, 1.165) is 0 Å². The van der Waals surface area contributed by atoms with Crippen LogP contribution in [0.15, 0.2) is 18.2 Å². The smallest absolute Gasteiger partial charge is 0.0369 e. The van der Waals surface area contributed by atoms with Crippen LogP contribution in [0.25, 0.3) is 0 Å². The first-order chi connectivity index (χ1) is 7.27. The number of hydrogen-bond acceptors (Lipinski definition) is 1. The van der Waals surface area contributed by atoms with Crippen LogP contribution in [0.5, 0.6) is 0 Å². The Hall–Kier alpha value is -0.980. The molecule has 0 atom stereocenters. The van der Waals surface area contributed by atoms with Crippen LogP contribution in [0.4, 0.5) is 5.69 Å². The Morgan fingerprint density at radius 2 is 1.53 bits per heavy atom. The van der Waals surface area contributed by atoms with E-state index in [2.05, 4.69) is 36.9 Å².